The maximum Gasteiger partial charge on any atom is 0.411 e. The van der Waals surface area contributed by atoms with Gasteiger partial charge in [0.15, 0.2) is 0 Å². The minimum absolute atomic E-state index is 0.241. The van der Waals surface area contributed by atoms with Crippen molar-refractivity contribution >= 4 is 23.7 Å². The molecule has 0 saturated carbocycles. The van der Waals surface area contributed by atoms with Gasteiger partial charge in [0.1, 0.15) is 11.6 Å². The Balaban J connectivity index is 2.09. The summed E-state index contributed by atoms with van der Waals surface area (Å²) < 4.78 is 15.4. The molecule has 8 heteroatoms. The van der Waals surface area contributed by atoms with E-state index in [0.29, 0.717) is 17.7 Å². The second kappa shape index (κ2) is 8.39. The monoisotopic (exact) mass is 378 g/mol. The molecule has 0 aromatic heterocycles. The van der Waals surface area contributed by atoms with E-state index in [1.54, 1.807) is 52.1 Å². The summed E-state index contributed by atoms with van der Waals surface area (Å²) in [6.45, 7) is 5.59. The Bertz CT molecular complexity index is 695. The van der Waals surface area contributed by atoms with Gasteiger partial charge < -0.3 is 19.5 Å². The molecule has 1 aromatic rings. The van der Waals surface area contributed by atoms with Gasteiger partial charge in [-0.3, -0.25) is 9.69 Å². The fraction of sp³-hybridized carbons (Fsp3) is 0.526. The van der Waals surface area contributed by atoms with Crippen molar-refractivity contribution in [1.82, 2.24) is 4.90 Å². The summed E-state index contributed by atoms with van der Waals surface area (Å²) in [5.41, 5.74) is 0.233. The molecule has 0 radical (unpaired) electrons. The summed E-state index contributed by atoms with van der Waals surface area (Å²) in [6.07, 6.45) is -0.417. The molecule has 0 spiro atoms. The first kappa shape index (κ1) is 20.7. The van der Waals surface area contributed by atoms with Crippen molar-refractivity contribution in [3.05, 3.63) is 29.8 Å². The van der Waals surface area contributed by atoms with Crippen molar-refractivity contribution in [2.75, 3.05) is 26.1 Å². The van der Waals surface area contributed by atoms with Crippen LogP contribution in [0.3, 0.4) is 0 Å². The first-order valence-corrected chi connectivity index (χ1v) is 8.66. The normalized spacial score (nSPS) is 19.5. The zero-order chi connectivity index (χ0) is 20.2. The standard InChI is InChI=1S/C19H26N2O6/c1-19(2,3)27-18(24)21-11-14(25-4)10-15(21)16(22)20-13-8-6-12(7-9-13)17(23)26-5/h6-9,14-15H,10-11H2,1-5H3,(H,20,22)/t14-,15-/m1/s1. The molecule has 2 rings (SSSR count). The van der Waals surface area contributed by atoms with Crippen molar-refractivity contribution in [2.24, 2.45) is 0 Å². The van der Waals surface area contributed by atoms with Crippen LogP contribution in [0.2, 0.25) is 0 Å². The number of likely N-dealkylation sites (tertiary alicyclic amines) is 1. The Morgan fingerprint density at radius 2 is 1.74 bits per heavy atom. The summed E-state index contributed by atoms with van der Waals surface area (Å²) in [5, 5.41) is 2.76. The summed E-state index contributed by atoms with van der Waals surface area (Å²) in [6, 6.07) is 5.61. The van der Waals surface area contributed by atoms with Crippen LogP contribution in [0.4, 0.5) is 10.5 Å². The molecule has 1 heterocycles. The maximum atomic E-state index is 12.7. The van der Waals surface area contributed by atoms with Gasteiger partial charge in [0, 0.05) is 19.2 Å². The van der Waals surface area contributed by atoms with Crippen LogP contribution in [0.5, 0.6) is 0 Å². The average Bonchev–Trinajstić information content (AvgIpc) is 3.05. The van der Waals surface area contributed by atoms with Crippen LogP contribution < -0.4 is 5.32 Å². The number of esters is 1. The van der Waals surface area contributed by atoms with Gasteiger partial charge >= 0.3 is 12.1 Å². The van der Waals surface area contributed by atoms with Gasteiger partial charge in [0.05, 0.1) is 25.3 Å². The highest BCUT2D eigenvalue weighted by molar-refractivity contribution is 5.97. The quantitative estimate of drug-likeness (QED) is 0.809. The fourth-order valence-corrected chi connectivity index (χ4v) is 2.77. The van der Waals surface area contributed by atoms with Crippen molar-refractivity contribution in [2.45, 2.75) is 44.9 Å². The zero-order valence-electron chi connectivity index (χ0n) is 16.3. The molecule has 1 aliphatic heterocycles. The van der Waals surface area contributed by atoms with Crippen LogP contribution in [0.15, 0.2) is 24.3 Å². The lowest BCUT2D eigenvalue weighted by molar-refractivity contribution is -0.120. The van der Waals surface area contributed by atoms with Crippen LogP contribution in [0.25, 0.3) is 0 Å². The third kappa shape index (κ3) is 5.43. The number of hydrogen-bond donors (Lipinski definition) is 1. The topological polar surface area (TPSA) is 94.2 Å². The summed E-state index contributed by atoms with van der Waals surface area (Å²) in [5.74, 6) is -0.797. The molecule has 2 atom stereocenters. The molecule has 0 bridgehead atoms. The van der Waals surface area contributed by atoms with E-state index >= 15 is 0 Å². The lowest BCUT2D eigenvalue weighted by atomic mass is 10.1. The molecule has 148 valence electrons. The minimum atomic E-state index is -0.704. The minimum Gasteiger partial charge on any atom is -0.465 e. The highest BCUT2D eigenvalue weighted by Gasteiger charge is 2.41. The zero-order valence-corrected chi connectivity index (χ0v) is 16.3. The Hall–Kier alpha value is -2.61. The van der Waals surface area contributed by atoms with E-state index in [-0.39, 0.29) is 18.6 Å². The lowest BCUT2D eigenvalue weighted by Crippen LogP contribution is -2.45. The SMILES string of the molecule is COC(=O)c1ccc(NC(=O)[C@H]2C[C@@H](OC)CN2C(=O)OC(C)(C)C)cc1. The van der Waals surface area contributed by atoms with Crippen LogP contribution in [-0.2, 0) is 19.0 Å². The number of hydrogen-bond acceptors (Lipinski definition) is 6. The van der Waals surface area contributed by atoms with E-state index in [2.05, 4.69) is 10.1 Å². The van der Waals surface area contributed by atoms with Gasteiger partial charge in [-0.15, -0.1) is 0 Å². The number of carbonyl (C=O) groups excluding carboxylic acids is 3. The van der Waals surface area contributed by atoms with Crippen LogP contribution in [0.1, 0.15) is 37.6 Å². The molecule has 1 aromatic carbocycles. The Morgan fingerprint density at radius 1 is 1.11 bits per heavy atom. The molecular formula is C19H26N2O6. The van der Waals surface area contributed by atoms with E-state index in [1.165, 1.54) is 12.0 Å². The number of rotatable bonds is 4. The smallest absolute Gasteiger partial charge is 0.411 e. The second-order valence-corrected chi connectivity index (χ2v) is 7.30. The fourth-order valence-electron chi connectivity index (χ4n) is 2.77. The first-order chi connectivity index (χ1) is 12.6. The maximum absolute atomic E-state index is 12.7. The van der Waals surface area contributed by atoms with E-state index in [4.69, 9.17) is 9.47 Å². The van der Waals surface area contributed by atoms with E-state index < -0.39 is 23.7 Å². The number of benzene rings is 1. The molecule has 1 fully saturated rings. The largest absolute Gasteiger partial charge is 0.465 e. The van der Waals surface area contributed by atoms with Crippen molar-refractivity contribution in [1.29, 1.82) is 0 Å². The third-order valence-corrected chi connectivity index (χ3v) is 4.10. The van der Waals surface area contributed by atoms with Gasteiger partial charge in [-0.2, -0.15) is 0 Å². The van der Waals surface area contributed by atoms with Crippen molar-refractivity contribution in [3.63, 3.8) is 0 Å². The van der Waals surface area contributed by atoms with Crippen LogP contribution in [0, 0.1) is 0 Å². The van der Waals surface area contributed by atoms with Gasteiger partial charge in [-0.25, -0.2) is 9.59 Å². The highest BCUT2D eigenvalue weighted by atomic mass is 16.6. The highest BCUT2D eigenvalue weighted by Crippen LogP contribution is 2.24. The van der Waals surface area contributed by atoms with E-state index in [0.717, 1.165) is 0 Å². The summed E-state index contributed by atoms with van der Waals surface area (Å²) >= 11 is 0. The predicted octanol–water partition coefficient (Wildman–Crippen LogP) is 2.44. The number of nitrogens with one attached hydrogen (secondary N) is 1. The van der Waals surface area contributed by atoms with E-state index in [1.807, 2.05) is 0 Å². The molecule has 1 saturated heterocycles. The molecule has 8 nitrogen and oxygen atoms in total. The Kier molecular flexibility index (Phi) is 6.43. The van der Waals surface area contributed by atoms with Crippen LogP contribution >= 0.6 is 0 Å². The number of nitrogens with zero attached hydrogens (tertiary/aromatic N) is 1. The number of ether oxygens (including phenoxy) is 3. The number of carbonyl (C=O) groups is 3. The molecule has 27 heavy (non-hydrogen) atoms. The molecule has 1 N–H and O–H groups in total. The lowest BCUT2D eigenvalue weighted by Gasteiger charge is -2.27. The summed E-state index contributed by atoms with van der Waals surface area (Å²) in [4.78, 5) is 38.0. The molecular weight excluding hydrogens is 352 g/mol. The van der Waals surface area contributed by atoms with Gasteiger partial charge in [-0.1, -0.05) is 0 Å². The van der Waals surface area contributed by atoms with E-state index in [9.17, 15) is 14.4 Å². The number of amides is 2. The second-order valence-electron chi connectivity index (χ2n) is 7.30. The Morgan fingerprint density at radius 3 is 2.26 bits per heavy atom. The summed E-state index contributed by atoms with van der Waals surface area (Å²) in [7, 11) is 2.85. The number of anilines is 1. The van der Waals surface area contributed by atoms with Crippen molar-refractivity contribution in [3.8, 4) is 0 Å². The third-order valence-electron chi connectivity index (χ3n) is 4.10. The van der Waals surface area contributed by atoms with Gasteiger partial charge in [-0.05, 0) is 45.0 Å². The molecule has 1 aliphatic rings. The molecule has 0 unspecified atom stereocenters. The van der Waals surface area contributed by atoms with Gasteiger partial charge in [0.25, 0.3) is 0 Å². The Labute approximate surface area is 158 Å². The van der Waals surface area contributed by atoms with Crippen LogP contribution in [-0.4, -0.2) is 61.4 Å². The first-order valence-electron chi connectivity index (χ1n) is 8.66. The molecule has 2 amide bonds. The van der Waals surface area contributed by atoms with Gasteiger partial charge in [0.2, 0.25) is 5.91 Å². The number of methoxy groups -OCH3 is 2. The molecule has 0 aliphatic carbocycles. The average molecular weight is 378 g/mol. The predicted molar refractivity (Wildman–Crippen MR) is 98.6 cm³/mol. The van der Waals surface area contributed by atoms with Crippen molar-refractivity contribution < 1.29 is 28.6 Å².